The number of nitrogens with zero attached hydrogens (tertiary/aromatic N) is 2. The van der Waals surface area contributed by atoms with Gasteiger partial charge < -0.3 is 53.3 Å². The molecule has 7 bridgehead atoms. The van der Waals surface area contributed by atoms with Gasteiger partial charge in [0.2, 0.25) is 0 Å². The van der Waals surface area contributed by atoms with Gasteiger partial charge in [0.15, 0.2) is 22.3 Å². The summed E-state index contributed by atoms with van der Waals surface area (Å²) >= 11 is 6.67. The Labute approximate surface area is 368 Å². The Hall–Kier alpha value is -5.52. The number of likely N-dealkylation sites (N-methyl/N-ethyl adjacent to an activating group) is 1. The largest absolute Gasteiger partial charge is 0.505 e. The van der Waals surface area contributed by atoms with E-state index in [1.54, 1.807) is 26.0 Å². The number of methoxy groups -OCH3 is 1. The van der Waals surface area contributed by atoms with E-state index in [9.17, 15) is 29.4 Å². The van der Waals surface area contributed by atoms with Gasteiger partial charge in [-0.1, -0.05) is 50.6 Å². The molecule has 3 N–H and O–H groups in total. The smallest absolute Gasteiger partial charge is 0.312 e. The average Bonchev–Trinajstić information content (AvgIpc) is 3.67. The van der Waals surface area contributed by atoms with Gasteiger partial charge in [0.1, 0.15) is 47.0 Å². The van der Waals surface area contributed by atoms with Crippen molar-refractivity contribution in [2.75, 3.05) is 39.7 Å². The number of hydrogen-bond donors (Lipinski definition) is 3. The van der Waals surface area contributed by atoms with E-state index in [1.807, 2.05) is 38.9 Å². The molecule has 336 valence electrons. The number of fused-ring (bicyclic) bond motifs is 9. The Morgan fingerprint density at radius 2 is 1.79 bits per heavy atom. The van der Waals surface area contributed by atoms with Crippen LogP contribution in [0.15, 0.2) is 57.5 Å². The Kier molecular flexibility index (Phi) is 12.7. The van der Waals surface area contributed by atoms with E-state index >= 15 is 0 Å². The Morgan fingerprint density at radius 1 is 1.06 bits per heavy atom. The number of nitrogens with one attached hydrogen (secondary N) is 1. The summed E-state index contributed by atoms with van der Waals surface area (Å²) in [5.74, 6) is -5.82. The van der Waals surface area contributed by atoms with E-state index in [2.05, 4.69) is 5.32 Å². The fraction of sp³-hybridized carbons (Fsp3) is 0.457. The van der Waals surface area contributed by atoms with Crippen molar-refractivity contribution < 1.29 is 57.4 Å². The normalized spacial score (nSPS) is 29.5. The van der Waals surface area contributed by atoms with Crippen molar-refractivity contribution in [3.05, 3.63) is 74.6 Å². The number of allylic oxidation sites excluding steroid dienone is 2. The fourth-order valence-electron chi connectivity index (χ4n) is 8.44. The highest BCUT2D eigenvalue weighted by molar-refractivity contribution is 6.33. The van der Waals surface area contributed by atoms with Gasteiger partial charge in [-0.2, -0.15) is 0 Å². The van der Waals surface area contributed by atoms with E-state index in [-0.39, 0.29) is 72.0 Å². The van der Waals surface area contributed by atoms with E-state index in [4.69, 9.17) is 49.4 Å². The third-order valence-electron chi connectivity index (χ3n) is 12.1. The van der Waals surface area contributed by atoms with Gasteiger partial charge >= 0.3 is 11.8 Å². The summed E-state index contributed by atoms with van der Waals surface area (Å²) in [4.78, 5) is 62.3. The lowest BCUT2D eigenvalue weighted by Gasteiger charge is -2.33. The van der Waals surface area contributed by atoms with Crippen molar-refractivity contribution in [1.29, 1.82) is 0 Å². The number of halogens is 1. The number of amides is 1. The van der Waals surface area contributed by atoms with Crippen molar-refractivity contribution in [1.82, 2.24) is 9.88 Å². The first-order chi connectivity index (χ1) is 29.8. The Balaban J connectivity index is 1.45. The molecule has 0 aliphatic carbocycles. The molecule has 0 saturated carbocycles. The molecule has 0 unspecified atom stereocenters. The number of benzene rings is 3. The topological polar surface area (TPSA) is 205 Å². The molecule has 9 atom stereocenters. The van der Waals surface area contributed by atoms with Crippen LogP contribution in [0, 0.1) is 24.7 Å². The number of hydrogen-bond acceptors (Lipinski definition) is 15. The highest BCUT2D eigenvalue weighted by Gasteiger charge is 2.51. The number of aromatic hydroxyl groups is 1. The van der Waals surface area contributed by atoms with Gasteiger partial charge in [-0.25, -0.2) is 4.98 Å². The number of ether oxygens (including phenoxy) is 6. The number of phenols is 1. The third-order valence-corrected chi connectivity index (χ3v) is 12.4. The van der Waals surface area contributed by atoms with Crippen molar-refractivity contribution in [3.8, 4) is 17.2 Å². The van der Waals surface area contributed by atoms with E-state index in [0.717, 1.165) is 0 Å². The van der Waals surface area contributed by atoms with Crippen LogP contribution in [-0.4, -0.2) is 108 Å². The number of esters is 1. The average molecular weight is 890 g/mol. The molecule has 0 spiro atoms. The lowest BCUT2D eigenvalue weighted by molar-refractivity contribution is -0.168. The molecule has 1 fully saturated rings. The van der Waals surface area contributed by atoms with Gasteiger partial charge in [-0.05, 0) is 40.1 Å². The Bertz CT molecular complexity index is 2670. The Morgan fingerprint density at radius 3 is 2.48 bits per heavy atom. The van der Waals surface area contributed by atoms with Crippen LogP contribution < -0.4 is 20.2 Å². The number of phenolic OH excluding ortho intramolecular Hbond substituents is 1. The number of carbonyl (C=O) groups is 3. The minimum absolute atomic E-state index is 0.0191. The highest BCUT2D eigenvalue weighted by atomic mass is 35.5. The lowest BCUT2D eigenvalue weighted by Crippen LogP contribution is -2.46. The first-order valence-electron chi connectivity index (χ1n) is 20.6. The van der Waals surface area contributed by atoms with Gasteiger partial charge in [0.05, 0.1) is 40.5 Å². The molecule has 1 aromatic heterocycles. The predicted molar refractivity (Wildman–Crippen MR) is 234 cm³/mol. The van der Waals surface area contributed by atoms with Crippen molar-refractivity contribution >= 4 is 67.9 Å². The quantitative estimate of drug-likeness (QED) is 0.0834. The first kappa shape index (κ1) is 45.5. The summed E-state index contributed by atoms with van der Waals surface area (Å²) in [5.41, 5.74) is -0.764. The number of Topliss-reactive ketones (excluding diaryl/α,β-unsaturated/α-hetero) is 1. The molecular formula is C46H52ClN3O13. The second-order valence-corrected chi connectivity index (χ2v) is 17.3. The number of ketones is 1. The van der Waals surface area contributed by atoms with Gasteiger partial charge in [0.25, 0.3) is 11.7 Å². The SMILES string of the molecule is CO[C@H]1/C=C/O[C@@]2(C)Oc3c(C)c(=O)c4c(O)c(c5oc6cc(OCCN(C)C)c(Cl)cc6nc5c4c3C2=O)NC(=O)/C(C)=C\C=C\[C@H](C)[C@@H]2O[C@H]([C@H](O)[C@@H]2C)[C@H](OC(C)=O)[C@@H]1C. The van der Waals surface area contributed by atoms with Crippen LogP contribution in [-0.2, 0) is 28.5 Å². The first-order valence-corrected chi connectivity index (χ1v) is 21.0. The van der Waals surface area contributed by atoms with E-state index < -0.39 is 77.0 Å². The third kappa shape index (κ3) is 8.26. The predicted octanol–water partition coefficient (Wildman–Crippen LogP) is 6.36. The minimum Gasteiger partial charge on any atom is -0.505 e. The second-order valence-electron chi connectivity index (χ2n) is 16.8. The molecule has 3 aromatic carbocycles. The summed E-state index contributed by atoms with van der Waals surface area (Å²) in [5, 5.41) is 26.1. The van der Waals surface area contributed by atoms with Crippen LogP contribution in [0.2, 0.25) is 5.02 Å². The standard InChI is InChI=1S/C46H52ClN3O13/c1-20-12-11-13-21(2)45(56)49-35-38(54)32-31(34-42(35)61-30-19-29(58-17-15-50(8)9)26(47)18-27(30)48-34)33-40(23(4)36(32)52)63-46(7,44(33)55)59-16-14-28(57-10)22(3)41(60-25(6)51)43-37(53)24(5)39(20)62-43/h11-14,16,18-20,22,24,28,37,39,41,43,53-54H,15,17H2,1-10H3,(H,49,56)/b12-11+,16-14+,21-13-/t20-,22+,24-,28-,37+,39-,41+,43+,46-/m0/s1. The van der Waals surface area contributed by atoms with Crippen molar-refractivity contribution in [2.24, 2.45) is 17.8 Å². The second kappa shape index (κ2) is 17.6. The number of carbonyl (C=O) groups excluding carboxylic acids is 3. The maximum absolute atomic E-state index is 14.7. The summed E-state index contributed by atoms with van der Waals surface area (Å²) in [6.45, 7) is 12.0. The fourth-order valence-corrected chi connectivity index (χ4v) is 8.65. The number of anilines is 1. The zero-order valence-corrected chi connectivity index (χ0v) is 37.5. The minimum atomic E-state index is -2.06. The molecule has 8 rings (SSSR count). The molecule has 1 amide bonds. The van der Waals surface area contributed by atoms with Gasteiger partial charge in [0, 0.05) is 67.8 Å². The lowest BCUT2D eigenvalue weighted by atomic mass is 9.86. The molecule has 63 heavy (non-hydrogen) atoms. The monoisotopic (exact) mass is 889 g/mol. The van der Waals surface area contributed by atoms with Crippen molar-refractivity contribution in [2.45, 2.75) is 84.8 Å². The maximum atomic E-state index is 14.7. The van der Waals surface area contributed by atoms with Crippen LogP contribution in [0.3, 0.4) is 0 Å². The van der Waals surface area contributed by atoms with E-state index in [1.165, 1.54) is 52.4 Å². The van der Waals surface area contributed by atoms with E-state index in [0.29, 0.717) is 18.9 Å². The molecule has 4 aromatic rings. The molecular weight excluding hydrogens is 838 g/mol. The number of aliphatic hydroxyl groups is 1. The summed E-state index contributed by atoms with van der Waals surface area (Å²) in [6.07, 6.45) is 3.52. The zero-order valence-electron chi connectivity index (χ0n) is 36.7. The molecule has 0 radical (unpaired) electrons. The van der Waals surface area contributed by atoms with Crippen LogP contribution in [0.4, 0.5) is 5.69 Å². The van der Waals surface area contributed by atoms with Gasteiger partial charge in [-0.15, -0.1) is 0 Å². The molecule has 17 heteroatoms. The van der Waals surface area contributed by atoms with Crippen LogP contribution in [0.5, 0.6) is 17.2 Å². The van der Waals surface area contributed by atoms with Crippen LogP contribution >= 0.6 is 11.6 Å². The highest BCUT2D eigenvalue weighted by Crippen LogP contribution is 2.49. The zero-order chi connectivity index (χ0) is 45.8. The number of rotatable bonds is 6. The van der Waals surface area contributed by atoms with Crippen LogP contribution in [0.25, 0.3) is 33.0 Å². The summed E-state index contributed by atoms with van der Waals surface area (Å²) in [6, 6.07) is 3.04. The molecule has 1 saturated heterocycles. The maximum Gasteiger partial charge on any atom is 0.312 e. The van der Waals surface area contributed by atoms with Crippen molar-refractivity contribution in [3.63, 3.8) is 0 Å². The summed E-state index contributed by atoms with van der Waals surface area (Å²) < 4.78 is 42.7. The molecule has 5 heterocycles. The molecule has 4 aliphatic heterocycles. The molecule has 16 nitrogen and oxygen atoms in total. The molecule has 4 aliphatic rings. The number of aromatic nitrogens is 1. The van der Waals surface area contributed by atoms with Crippen LogP contribution in [0.1, 0.15) is 57.5 Å². The van der Waals surface area contributed by atoms with Gasteiger partial charge in [-0.3, -0.25) is 19.2 Å². The number of aliphatic hydroxyl groups excluding tert-OH is 1. The summed E-state index contributed by atoms with van der Waals surface area (Å²) in [7, 11) is 5.24.